The lowest BCUT2D eigenvalue weighted by Gasteiger charge is -2.02. The van der Waals surface area contributed by atoms with Gasteiger partial charge in [0.25, 0.3) is 0 Å². The molecule has 0 N–H and O–H groups in total. The molecule has 1 aliphatic carbocycles. The molecular formula is C12H12O3. The van der Waals surface area contributed by atoms with E-state index < -0.39 is 0 Å². The molecule has 0 fully saturated rings. The highest BCUT2D eigenvalue weighted by Gasteiger charge is 2.26. The van der Waals surface area contributed by atoms with E-state index in [-0.39, 0.29) is 17.7 Å². The lowest BCUT2D eigenvalue weighted by molar-refractivity contribution is -0.131. The van der Waals surface area contributed by atoms with Crippen LogP contribution in [0.2, 0.25) is 0 Å². The predicted molar refractivity (Wildman–Crippen MR) is 54.9 cm³/mol. The Morgan fingerprint density at radius 1 is 1.47 bits per heavy atom. The van der Waals surface area contributed by atoms with Gasteiger partial charge in [-0.2, -0.15) is 0 Å². The monoisotopic (exact) mass is 204 g/mol. The van der Waals surface area contributed by atoms with E-state index in [0.717, 1.165) is 17.5 Å². The largest absolute Gasteiger partial charge is 0.427 e. The Hall–Kier alpha value is -1.64. The summed E-state index contributed by atoms with van der Waals surface area (Å²) in [5, 5.41) is 0. The molecule has 1 aliphatic rings. The molecular weight excluding hydrogens is 192 g/mol. The van der Waals surface area contributed by atoms with Crippen LogP contribution in [0.5, 0.6) is 5.75 Å². The van der Waals surface area contributed by atoms with Crippen molar-refractivity contribution in [3.63, 3.8) is 0 Å². The molecule has 0 saturated heterocycles. The van der Waals surface area contributed by atoms with Gasteiger partial charge in [-0.3, -0.25) is 9.59 Å². The topological polar surface area (TPSA) is 43.4 Å². The summed E-state index contributed by atoms with van der Waals surface area (Å²) in [4.78, 5) is 22.4. The number of benzene rings is 1. The standard InChI is InChI=1S/C12H12O3/c1-7-5-9-6-10(15-8(2)13)3-4-11(9)12(7)14/h3-4,6-7H,5H2,1-2H3. The molecule has 0 amide bonds. The molecule has 0 radical (unpaired) electrons. The van der Waals surface area contributed by atoms with Crippen LogP contribution in [0, 0.1) is 5.92 Å². The molecule has 1 atom stereocenters. The second kappa shape index (κ2) is 3.50. The molecule has 1 unspecified atom stereocenters. The van der Waals surface area contributed by atoms with E-state index in [1.807, 2.05) is 6.92 Å². The lowest BCUT2D eigenvalue weighted by Crippen LogP contribution is -2.03. The maximum Gasteiger partial charge on any atom is 0.308 e. The number of fused-ring (bicyclic) bond motifs is 1. The van der Waals surface area contributed by atoms with Crippen LogP contribution in [0.15, 0.2) is 18.2 Å². The molecule has 0 bridgehead atoms. The Morgan fingerprint density at radius 3 is 2.87 bits per heavy atom. The van der Waals surface area contributed by atoms with Crippen LogP contribution in [0.4, 0.5) is 0 Å². The molecule has 0 heterocycles. The maximum absolute atomic E-state index is 11.6. The Morgan fingerprint density at radius 2 is 2.20 bits per heavy atom. The minimum atomic E-state index is -0.340. The molecule has 78 valence electrons. The van der Waals surface area contributed by atoms with E-state index in [4.69, 9.17) is 4.74 Å². The first-order valence-electron chi connectivity index (χ1n) is 4.93. The fourth-order valence-corrected chi connectivity index (χ4v) is 1.90. The van der Waals surface area contributed by atoms with E-state index in [2.05, 4.69) is 0 Å². The van der Waals surface area contributed by atoms with Gasteiger partial charge < -0.3 is 4.74 Å². The van der Waals surface area contributed by atoms with Crippen LogP contribution < -0.4 is 4.74 Å². The van der Waals surface area contributed by atoms with Crippen LogP contribution >= 0.6 is 0 Å². The Kier molecular flexibility index (Phi) is 2.31. The molecule has 1 aromatic rings. The zero-order valence-electron chi connectivity index (χ0n) is 8.74. The van der Waals surface area contributed by atoms with Crippen molar-refractivity contribution in [3.05, 3.63) is 29.3 Å². The Bertz CT molecular complexity index is 434. The summed E-state index contributed by atoms with van der Waals surface area (Å²) >= 11 is 0. The molecule has 0 spiro atoms. The highest BCUT2D eigenvalue weighted by atomic mass is 16.5. The lowest BCUT2D eigenvalue weighted by atomic mass is 10.1. The molecule has 0 saturated carbocycles. The van der Waals surface area contributed by atoms with Crippen molar-refractivity contribution in [2.45, 2.75) is 20.3 Å². The number of ether oxygens (including phenoxy) is 1. The van der Waals surface area contributed by atoms with Gasteiger partial charge in [-0.25, -0.2) is 0 Å². The third-order valence-corrected chi connectivity index (χ3v) is 2.58. The van der Waals surface area contributed by atoms with E-state index in [0.29, 0.717) is 5.75 Å². The van der Waals surface area contributed by atoms with E-state index in [1.54, 1.807) is 18.2 Å². The number of carbonyl (C=O) groups is 2. The van der Waals surface area contributed by atoms with Gasteiger partial charge in [-0.1, -0.05) is 6.92 Å². The number of esters is 1. The number of hydrogen-bond acceptors (Lipinski definition) is 3. The van der Waals surface area contributed by atoms with Gasteiger partial charge in [-0.15, -0.1) is 0 Å². The van der Waals surface area contributed by atoms with Crippen molar-refractivity contribution < 1.29 is 14.3 Å². The van der Waals surface area contributed by atoms with Gasteiger partial charge in [-0.05, 0) is 30.2 Å². The normalized spacial score (nSPS) is 18.8. The van der Waals surface area contributed by atoms with Crippen molar-refractivity contribution in [3.8, 4) is 5.75 Å². The van der Waals surface area contributed by atoms with Crippen LogP contribution in [-0.4, -0.2) is 11.8 Å². The van der Waals surface area contributed by atoms with E-state index in [9.17, 15) is 9.59 Å². The first-order valence-corrected chi connectivity index (χ1v) is 4.93. The zero-order chi connectivity index (χ0) is 11.0. The number of hydrogen-bond donors (Lipinski definition) is 0. The average Bonchev–Trinajstić information content (AvgIpc) is 2.41. The van der Waals surface area contributed by atoms with Crippen LogP contribution in [-0.2, 0) is 11.2 Å². The number of carbonyl (C=O) groups excluding carboxylic acids is 2. The minimum absolute atomic E-state index is 0.0487. The highest BCUT2D eigenvalue weighted by Crippen LogP contribution is 2.29. The van der Waals surface area contributed by atoms with Gasteiger partial charge in [0, 0.05) is 18.4 Å². The van der Waals surface area contributed by atoms with Gasteiger partial charge in [0.2, 0.25) is 0 Å². The van der Waals surface area contributed by atoms with Crippen molar-refractivity contribution in [2.75, 3.05) is 0 Å². The molecule has 0 aromatic heterocycles. The summed E-state index contributed by atoms with van der Waals surface area (Å²) < 4.78 is 4.96. The zero-order valence-corrected chi connectivity index (χ0v) is 8.74. The summed E-state index contributed by atoms with van der Waals surface area (Å²) in [5.74, 6) is 0.405. The number of ketones is 1. The molecule has 15 heavy (non-hydrogen) atoms. The minimum Gasteiger partial charge on any atom is -0.427 e. The van der Waals surface area contributed by atoms with Crippen molar-refractivity contribution in [1.29, 1.82) is 0 Å². The Labute approximate surface area is 88.1 Å². The molecule has 3 heteroatoms. The average molecular weight is 204 g/mol. The maximum atomic E-state index is 11.6. The third-order valence-electron chi connectivity index (χ3n) is 2.58. The van der Waals surface area contributed by atoms with Crippen LogP contribution in [0.1, 0.15) is 29.8 Å². The second-order valence-electron chi connectivity index (χ2n) is 3.88. The SMILES string of the molecule is CC(=O)Oc1ccc2c(c1)CC(C)C2=O. The number of Topliss-reactive ketones (excluding diaryl/α,β-unsaturated/α-hetero) is 1. The number of rotatable bonds is 1. The fourth-order valence-electron chi connectivity index (χ4n) is 1.90. The predicted octanol–water partition coefficient (Wildman–Crippen LogP) is 1.99. The summed E-state index contributed by atoms with van der Waals surface area (Å²) in [6.45, 7) is 3.27. The molecule has 2 rings (SSSR count). The van der Waals surface area contributed by atoms with Gasteiger partial charge in [0.15, 0.2) is 5.78 Å². The Balaban J connectivity index is 2.33. The summed E-state index contributed by atoms with van der Waals surface area (Å²) in [6.07, 6.45) is 0.739. The quantitative estimate of drug-likeness (QED) is 0.519. The fraction of sp³-hybridized carbons (Fsp3) is 0.333. The van der Waals surface area contributed by atoms with Gasteiger partial charge >= 0.3 is 5.97 Å². The second-order valence-corrected chi connectivity index (χ2v) is 3.88. The summed E-state index contributed by atoms with van der Waals surface area (Å²) in [5.41, 5.74) is 1.74. The highest BCUT2D eigenvalue weighted by molar-refractivity contribution is 6.02. The van der Waals surface area contributed by atoms with E-state index in [1.165, 1.54) is 6.92 Å². The van der Waals surface area contributed by atoms with Gasteiger partial charge in [0.05, 0.1) is 0 Å². The summed E-state index contributed by atoms with van der Waals surface area (Å²) in [6, 6.07) is 5.17. The summed E-state index contributed by atoms with van der Waals surface area (Å²) in [7, 11) is 0. The molecule has 3 nitrogen and oxygen atoms in total. The van der Waals surface area contributed by atoms with Crippen molar-refractivity contribution in [1.82, 2.24) is 0 Å². The molecule has 0 aliphatic heterocycles. The van der Waals surface area contributed by atoms with Crippen molar-refractivity contribution >= 4 is 11.8 Å². The van der Waals surface area contributed by atoms with Crippen LogP contribution in [0.25, 0.3) is 0 Å². The first kappa shape index (κ1) is 9.90. The van der Waals surface area contributed by atoms with E-state index >= 15 is 0 Å². The first-order chi connectivity index (χ1) is 7.08. The van der Waals surface area contributed by atoms with Crippen molar-refractivity contribution in [2.24, 2.45) is 5.92 Å². The van der Waals surface area contributed by atoms with Crippen LogP contribution in [0.3, 0.4) is 0 Å². The third kappa shape index (κ3) is 1.77. The smallest absolute Gasteiger partial charge is 0.308 e. The van der Waals surface area contributed by atoms with Gasteiger partial charge in [0.1, 0.15) is 5.75 Å². The molecule has 1 aromatic carbocycles.